The minimum Gasteiger partial charge on any atom is -0.329 e. The number of benzene rings is 1. The van der Waals surface area contributed by atoms with Gasteiger partial charge in [0.15, 0.2) is 0 Å². The fourth-order valence-corrected chi connectivity index (χ4v) is 3.27. The first kappa shape index (κ1) is 14.5. The minimum absolute atomic E-state index is 0.164. The van der Waals surface area contributed by atoms with Crippen LogP contribution in [-0.2, 0) is 6.42 Å². The zero-order chi connectivity index (χ0) is 13.8. The molecule has 1 heterocycles. The van der Waals surface area contributed by atoms with Crippen molar-refractivity contribution < 1.29 is 4.39 Å². The van der Waals surface area contributed by atoms with Crippen LogP contribution < -0.4 is 5.73 Å². The lowest BCUT2D eigenvalue weighted by molar-refractivity contribution is 0.0693. The first-order valence-corrected chi connectivity index (χ1v) is 7.32. The van der Waals surface area contributed by atoms with E-state index in [1.807, 2.05) is 12.1 Å². The average Bonchev–Trinajstić information content (AvgIpc) is 2.41. The normalized spacial score (nSPS) is 26.3. The molecule has 0 saturated carbocycles. The number of piperidine rings is 1. The quantitative estimate of drug-likeness (QED) is 0.906. The van der Waals surface area contributed by atoms with E-state index in [2.05, 4.69) is 18.7 Å². The number of nitrogens with two attached hydrogens (primary N) is 1. The highest BCUT2D eigenvalue weighted by atomic mass is 19.1. The summed E-state index contributed by atoms with van der Waals surface area (Å²) < 4.78 is 12.9. The molecule has 2 nitrogen and oxygen atoms in total. The number of nitrogens with zero attached hydrogens (tertiary/aromatic N) is 1. The van der Waals surface area contributed by atoms with Gasteiger partial charge in [0.25, 0.3) is 0 Å². The summed E-state index contributed by atoms with van der Waals surface area (Å²) in [6, 6.07) is 7.81. The second-order valence-corrected chi connectivity index (χ2v) is 5.84. The molecule has 0 amide bonds. The van der Waals surface area contributed by atoms with E-state index in [1.165, 1.54) is 18.4 Å². The molecule has 1 aliphatic heterocycles. The maximum Gasteiger partial charge on any atom is 0.123 e. The van der Waals surface area contributed by atoms with E-state index >= 15 is 0 Å². The molecule has 3 atom stereocenters. The van der Waals surface area contributed by atoms with Crippen molar-refractivity contribution in [2.75, 3.05) is 13.1 Å². The largest absolute Gasteiger partial charge is 0.329 e. The second-order valence-electron chi connectivity index (χ2n) is 5.84. The molecule has 1 saturated heterocycles. The molecule has 2 rings (SSSR count). The maximum atomic E-state index is 12.9. The average molecular weight is 264 g/mol. The van der Waals surface area contributed by atoms with Crippen molar-refractivity contribution in [2.45, 2.75) is 45.2 Å². The summed E-state index contributed by atoms with van der Waals surface area (Å²) in [6.45, 7) is 6.42. The van der Waals surface area contributed by atoms with Gasteiger partial charge in [0.05, 0.1) is 0 Å². The summed E-state index contributed by atoms with van der Waals surface area (Å²) in [5.74, 6) is 0.511. The van der Waals surface area contributed by atoms with Crippen molar-refractivity contribution in [3.63, 3.8) is 0 Å². The Morgan fingerprint density at radius 2 is 2.05 bits per heavy atom. The van der Waals surface area contributed by atoms with E-state index in [4.69, 9.17) is 5.73 Å². The van der Waals surface area contributed by atoms with Gasteiger partial charge in [-0.2, -0.15) is 0 Å². The zero-order valence-electron chi connectivity index (χ0n) is 12.0. The molecule has 0 aliphatic carbocycles. The van der Waals surface area contributed by atoms with Crippen LogP contribution in [0.1, 0.15) is 32.3 Å². The van der Waals surface area contributed by atoms with Gasteiger partial charge in [-0.05, 0) is 56.3 Å². The molecule has 0 spiro atoms. The molecular formula is C16H25FN2. The highest BCUT2D eigenvalue weighted by Crippen LogP contribution is 2.25. The van der Waals surface area contributed by atoms with Crippen LogP contribution in [0.15, 0.2) is 24.3 Å². The molecule has 0 aromatic heterocycles. The molecule has 1 aliphatic rings. The molecule has 2 N–H and O–H groups in total. The Hall–Kier alpha value is -0.930. The molecule has 1 aromatic carbocycles. The lowest BCUT2D eigenvalue weighted by Gasteiger charge is -2.43. The zero-order valence-corrected chi connectivity index (χ0v) is 12.0. The van der Waals surface area contributed by atoms with Crippen molar-refractivity contribution in [2.24, 2.45) is 11.7 Å². The van der Waals surface area contributed by atoms with E-state index < -0.39 is 0 Å². The summed E-state index contributed by atoms with van der Waals surface area (Å²) in [4.78, 5) is 2.54. The number of likely N-dealkylation sites (tertiary alicyclic amines) is 1. The van der Waals surface area contributed by atoms with E-state index in [9.17, 15) is 4.39 Å². The number of hydrogen-bond donors (Lipinski definition) is 1. The number of halogens is 1. The van der Waals surface area contributed by atoms with E-state index in [1.54, 1.807) is 12.1 Å². The third-order valence-electron chi connectivity index (χ3n) is 4.41. The van der Waals surface area contributed by atoms with Gasteiger partial charge in [0, 0.05) is 18.6 Å². The fourth-order valence-electron chi connectivity index (χ4n) is 3.27. The topological polar surface area (TPSA) is 29.3 Å². The van der Waals surface area contributed by atoms with Gasteiger partial charge < -0.3 is 5.73 Å². The van der Waals surface area contributed by atoms with Crippen LogP contribution in [0.4, 0.5) is 4.39 Å². The van der Waals surface area contributed by atoms with Gasteiger partial charge >= 0.3 is 0 Å². The van der Waals surface area contributed by atoms with Gasteiger partial charge in [-0.15, -0.1) is 0 Å². The van der Waals surface area contributed by atoms with E-state index in [0.29, 0.717) is 18.0 Å². The van der Waals surface area contributed by atoms with Gasteiger partial charge in [-0.3, -0.25) is 4.90 Å². The van der Waals surface area contributed by atoms with Crippen LogP contribution in [0.2, 0.25) is 0 Å². The second kappa shape index (κ2) is 6.49. The molecular weight excluding hydrogens is 239 g/mol. The standard InChI is InChI=1S/C16H25FN2/c1-12-4-3-9-19(16(12)11-18)13(2)10-14-5-7-15(17)8-6-14/h5-8,12-13,16H,3-4,9-11,18H2,1-2H3. The third kappa shape index (κ3) is 3.54. The number of hydrogen-bond acceptors (Lipinski definition) is 2. The number of rotatable bonds is 4. The van der Waals surface area contributed by atoms with Crippen LogP contribution in [0.5, 0.6) is 0 Å². The van der Waals surface area contributed by atoms with Crippen molar-refractivity contribution in [3.05, 3.63) is 35.6 Å². The molecule has 0 bridgehead atoms. The fraction of sp³-hybridized carbons (Fsp3) is 0.625. The molecule has 0 radical (unpaired) electrons. The molecule has 106 valence electrons. The summed E-state index contributed by atoms with van der Waals surface area (Å²) >= 11 is 0. The molecule has 1 aromatic rings. The van der Waals surface area contributed by atoms with Crippen molar-refractivity contribution in [3.8, 4) is 0 Å². The Kier molecular flexibility index (Phi) is 4.94. The lowest BCUT2D eigenvalue weighted by atomic mass is 9.89. The summed E-state index contributed by atoms with van der Waals surface area (Å²) in [5, 5.41) is 0. The van der Waals surface area contributed by atoms with Crippen LogP contribution >= 0.6 is 0 Å². The first-order valence-electron chi connectivity index (χ1n) is 7.32. The van der Waals surface area contributed by atoms with Gasteiger partial charge in [0.2, 0.25) is 0 Å². The van der Waals surface area contributed by atoms with Crippen molar-refractivity contribution in [1.82, 2.24) is 4.90 Å². The van der Waals surface area contributed by atoms with Crippen LogP contribution in [0.25, 0.3) is 0 Å². The summed E-state index contributed by atoms with van der Waals surface area (Å²) in [5.41, 5.74) is 7.14. The monoisotopic (exact) mass is 264 g/mol. The highest BCUT2D eigenvalue weighted by Gasteiger charge is 2.30. The highest BCUT2D eigenvalue weighted by molar-refractivity contribution is 5.17. The Labute approximate surface area is 115 Å². The Bertz CT molecular complexity index is 390. The van der Waals surface area contributed by atoms with Gasteiger partial charge in [-0.25, -0.2) is 4.39 Å². The Morgan fingerprint density at radius 3 is 2.68 bits per heavy atom. The Morgan fingerprint density at radius 1 is 1.37 bits per heavy atom. The van der Waals surface area contributed by atoms with Crippen LogP contribution in [0, 0.1) is 11.7 Å². The predicted molar refractivity (Wildman–Crippen MR) is 77.5 cm³/mol. The maximum absolute atomic E-state index is 12.9. The lowest BCUT2D eigenvalue weighted by Crippen LogP contribution is -2.52. The van der Waals surface area contributed by atoms with Crippen LogP contribution in [-0.4, -0.2) is 30.1 Å². The van der Waals surface area contributed by atoms with Gasteiger partial charge in [0.1, 0.15) is 5.82 Å². The van der Waals surface area contributed by atoms with Crippen LogP contribution in [0.3, 0.4) is 0 Å². The predicted octanol–water partition coefficient (Wildman–Crippen LogP) is 2.82. The molecule has 3 heteroatoms. The van der Waals surface area contributed by atoms with Gasteiger partial charge in [-0.1, -0.05) is 19.1 Å². The van der Waals surface area contributed by atoms with E-state index in [-0.39, 0.29) is 5.82 Å². The molecule has 3 unspecified atom stereocenters. The Balaban J connectivity index is 2.01. The smallest absolute Gasteiger partial charge is 0.123 e. The summed E-state index contributed by atoms with van der Waals surface area (Å²) in [7, 11) is 0. The minimum atomic E-state index is -0.164. The van der Waals surface area contributed by atoms with E-state index in [0.717, 1.165) is 19.5 Å². The first-order chi connectivity index (χ1) is 9.11. The molecule has 19 heavy (non-hydrogen) atoms. The summed E-state index contributed by atoms with van der Waals surface area (Å²) in [6.07, 6.45) is 3.50. The van der Waals surface area contributed by atoms with Crippen molar-refractivity contribution >= 4 is 0 Å². The SMILES string of the molecule is CC1CCCN(C(C)Cc2ccc(F)cc2)C1CN. The molecule has 1 fully saturated rings. The van der Waals surface area contributed by atoms with Crippen molar-refractivity contribution in [1.29, 1.82) is 0 Å². The third-order valence-corrected chi connectivity index (χ3v) is 4.41.